The standard InChI is InChI=1S/C14H10IN3O3/c1-6-2-3-9(8(15)4-6)18-10(19)5-7-11(12(18)16)14(21)17-13(7)20/h2-5H,16H2,1H3,(H,17,20,21). The molecule has 0 spiro atoms. The number of amides is 2. The molecule has 21 heavy (non-hydrogen) atoms. The molecule has 1 aliphatic rings. The number of hydrogen-bond donors (Lipinski definition) is 2. The summed E-state index contributed by atoms with van der Waals surface area (Å²) >= 11 is 2.10. The van der Waals surface area contributed by atoms with Crippen LogP contribution >= 0.6 is 22.6 Å². The van der Waals surface area contributed by atoms with E-state index in [-0.39, 0.29) is 16.9 Å². The van der Waals surface area contributed by atoms with Gasteiger partial charge in [0.25, 0.3) is 17.4 Å². The van der Waals surface area contributed by atoms with Crippen LogP contribution in [-0.4, -0.2) is 16.4 Å². The van der Waals surface area contributed by atoms with Gasteiger partial charge in [0.1, 0.15) is 5.82 Å². The van der Waals surface area contributed by atoms with Crippen molar-refractivity contribution in [3.8, 4) is 5.69 Å². The van der Waals surface area contributed by atoms with Gasteiger partial charge in [-0.3, -0.25) is 24.3 Å². The first-order valence-electron chi connectivity index (χ1n) is 6.08. The number of hydrogen-bond acceptors (Lipinski definition) is 4. The van der Waals surface area contributed by atoms with Gasteiger partial charge in [-0.25, -0.2) is 0 Å². The van der Waals surface area contributed by atoms with Gasteiger partial charge in [-0.2, -0.15) is 0 Å². The van der Waals surface area contributed by atoms with Crippen molar-refractivity contribution in [2.45, 2.75) is 6.92 Å². The summed E-state index contributed by atoms with van der Waals surface area (Å²) in [6.07, 6.45) is 0. The van der Waals surface area contributed by atoms with Crippen molar-refractivity contribution in [3.05, 3.63) is 54.9 Å². The van der Waals surface area contributed by atoms with Crippen LogP contribution in [0.3, 0.4) is 0 Å². The monoisotopic (exact) mass is 395 g/mol. The maximum atomic E-state index is 12.3. The lowest BCUT2D eigenvalue weighted by Gasteiger charge is -2.13. The molecule has 0 saturated heterocycles. The fourth-order valence-electron chi connectivity index (χ4n) is 2.32. The summed E-state index contributed by atoms with van der Waals surface area (Å²) in [6.45, 7) is 1.94. The van der Waals surface area contributed by atoms with E-state index in [4.69, 9.17) is 5.73 Å². The minimum Gasteiger partial charge on any atom is -0.384 e. The Kier molecular flexibility index (Phi) is 3.08. The second-order valence-electron chi connectivity index (χ2n) is 4.73. The Bertz CT molecular complexity index is 870. The molecule has 0 saturated carbocycles. The fourth-order valence-corrected chi connectivity index (χ4v) is 3.23. The summed E-state index contributed by atoms with van der Waals surface area (Å²) in [6, 6.07) is 6.65. The molecule has 3 rings (SSSR count). The number of pyridine rings is 1. The second kappa shape index (κ2) is 4.69. The van der Waals surface area contributed by atoms with Gasteiger partial charge in [0, 0.05) is 9.64 Å². The highest BCUT2D eigenvalue weighted by atomic mass is 127. The minimum atomic E-state index is -0.593. The average Bonchev–Trinajstić information content (AvgIpc) is 2.67. The predicted molar refractivity (Wildman–Crippen MR) is 85.7 cm³/mol. The first-order valence-corrected chi connectivity index (χ1v) is 7.15. The molecule has 7 heteroatoms. The summed E-state index contributed by atoms with van der Waals surface area (Å²) in [5.41, 5.74) is 7.23. The Morgan fingerprint density at radius 2 is 1.86 bits per heavy atom. The molecular formula is C14H10IN3O3. The van der Waals surface area contributed by atoms with E-state index in [9.17, 15) is 14.4 Å². The number of anilines is 1. The number of fused-ring (bicyclic) bond motifs is 1. The first-order chi connectivity index (χ1) is 9.90. The molecule has 2 amide bonds. The highest BCUT2D eigenvalue weighted by molar-refractivity contribution is 14.1. The molecule has 0 unspecified atom stereocenters. The van der Waals surface area contributed by atoms with Gasteiger partial charge in [0.05, 0.1) is 16.8 Å². The number of nitrogens with two attached hydrogens (primary N) is 1. The van der Waals surface area contributed by atoms with Crippen LogP contribution in [-0.2, 0) is 0 Å². The van der Waals surface area contributed by atoms with Gasteiger partial charge in [0.15, 0.2) is 0 Å². The van der Waals surface area contributed by atoms with Gasteiger partial charge < -0.3 is 5.73 Å². The Morgan fingerprint density at radius 1 is 1.14 bits per heavy atom. The van der Waals surface area contributed by atoms with Crippen LogP contribution in [0, 0.1) is 10.5 Å². The topological polar surface area (TPSA) is 94.2 Å². The Morgan fingerprint density at radius 3 is 2.52 bits per heavy atom. The zero-order valence-corrected chi connectivity index (χ0v) is 13.1. The number of nitrogens with one attached hydrogen (secondary N) is 1. The lowest BCUT2D eigenvalue weighted by atomic mass is 10.1. The van der Waals surface area contributed by atoms with Crippen molar-refractivity contribution in [3.63, 3.8) is 0 Å². The van der Waals surface area contributed by atoms with Gasteiger partial charge in [-0.1, -0.05) is 6.07 Å². The zero-order chi connectivity index (χ0) is 15.3. The summed E-state index contributed by atoms with van der Waals surface area (Å²) in [5.74, 6) is -1.20. The van der Waals surface area contributed by atoms with Crippen molar-refractivity contribution in [1.82, 2.24) is 9.88 Å². The van der Waals surface area contributed by atoms with E-state index >= 15 is 0 Å². The van der Waals surface area contributed by atoms with E-state index in [2.05, 4.69) is 27.9 Å². The number of halogens is 1. The molecule has 0 atom stereocenters. The maximum absolute atomic E-state index is 12.3. The van der Waals surface area contributed by atoms with E-state index < -0.39 is 17.4 Å². The van der Waals surface area contributed by atoms with Crippen LogP contribution in [0.4, 0.5) is 5.82 Å². The third kappa shape index (κ3) is 2.04. The third-order valence-corrected chi connectivity index (χ3v) is 4.16. The SMILES string of the molecule is Cc1ccc(-n2c(N)c3c(cc2=O)C(=O)NC3=O)c(I)c1. The van der Waals surface area contributed by atoms with Crippen molar-refractivity contribution >= 4 is 40.2 Å². The van der Waals surface area contributed by atoms with Crippen molar-refractivity contribution in [2.24, 2.45) is 0 Å². The zero-order valence-electron chi connectivity index (χ0n) is 10.9. The molecule has 3 N–H and O–H groups in total. The van der Waals surface area contributed by atoms with Crippen LogP contribution in [0.1, 0.15) is 26.3 Å². The molecule has 0 radical (unpaired) electrons. The number of nitrogen functional groups attached to an aromatic ring is 1. The molecule has 1 aromatic carbocycles. The molecule has 0 bridgehead atoms. The van der Waals surface area contributed by atoms with E-state index in [0.29, 0.717) is 5.69 Å². The average molecular weight is 395 g/mol. The van der Waals surface area contributed by atoms with Crippen molar-refractivity contribution < 1.29 is 9.59 Å². The quantitative estimate of drug-likeness (QED) is 0.561. The van der Waals surface area contributed by atoms with Crippen molar-refractivity contribution in [1.29, 1.82) is 0 Å². The van der Waals surface area contributed by atoms with Crippen LogP contribution in [0.15, 0.2) is 29.1 Å². The molecule has 1 aliphatic heterocycles. The van der Waals surface area contributed by atoms with E-state index in [1.807, 2.05) is 19.1 Å². The predicted octanol–water partition coefficient (Wildman–Crippen LogP) is 1.22. The van der Waals surface area contributed by atoms with E-state index in [1.165, 1.54) is 4.57 Å². The lowest BCUT2D eigenvalue weighted by Crippen LogP contribution is -2.24. The molecule has 0 aliphatic carbocycles. The Hall–Kier alpha value is -2.16. The van der Waals surface area contributed by atoms with Gasteiger partial charge in [0.2, 0.25) is 0 Å². The van der Waals surface area contributed by atoms with Crippen LogP contribution in [0.25, 0.3) is 5.69 Å². The number of imide groups is 1. The van der Waals surface area contributed by atoms with E-state index in [1.54, 1.807) is 6.07 Å². The lowest BCUT2D eigenvalue weighted by molar-refractivity contribution is 0.0880. The highest BCUT2D eigenvalue weighted by Gasteiger charge is 2.32. The summed E-state index contributed by atoms with van der Waals surface area (Å²) < 4.78 is 2.07. The number of rotatable bonds is 1. The van der Waals surface area contributed by atoms with Gasteiger partial charge >= 0.3 is 0 Å². The number of aromatic nitrogens is 1. The number of benzene rings is 1. The smallest absolute Gasteiger partial charge is 0.262 e. The Balaban J connectivity index is 2.35. The van der Waals surface area contributed by atoms with Crippen LogP contribution in [0.5, 0.6) is 0 Å². The number of aryl methyl sites for hydroxylation is 1. The molecular weight excluding hydrogens is 385 g/mol. The Labute approximate surface area is 133 Å². The highest BCUT2D eigenvalue weighted by Crippen LogP contribution is 2.25. The molecule has 1 aromatic heterocycles. The molecule has 0 fully saturated rings. The molecule has 2 heterocycles. The normalized spacial score (nSPS) is 13.2. The van der Waals surface area contributed by atoms with Gasteiger partial charge in [-0.15, -0.1) is 0 Å². The fraction of sp³-hybridized carbons (Fsp3) is 0.0714. The summed E-state index contributed by atoms with van der Waals surface area (Å²) in [7, 11) is 0. The molecule has 106 valence electrons. The van der Waals surface area contributed by atoms with E-state index in [0.717, 1.165) is 15.2 Å². The maximum Gasteiger partial charge on any atom is 0.262 e. The minimum absolute atomic E-state index is 0.0254. The third-order valence-electron chi connectivity index (χ3n) is 3.30. The molecule has 6 nitrogen and oxygen atoms in total. The first kappa shape index (κ1) is 13.8. The summed E-state index contributed by atoms with van der Waals surface area (Å²) in [5, 5.41) is 2.14. The van der Waals surface area contributed by atoms with Crippen molar-refractivity contribution in [2.75, 3.05) is 5.73 Å². The number of carbonyl (C=O) groups is 2. The summed E-state index contributed by atoms with van der Waals surface area (Å²) in [4.78, 5) is 35.7. The number of nitrogens with zero attached hydrogens (tertiary/aromatic N) is 1. The number of carbonyl (C=O) groups excluding carboxylic acids is 2. The second-order valence-corrected chi connectivity index (χ2v) is 5.89. The van der Waals surface area contributed by atoms with Crippen LogP contribution < -0.4 is 16.6 Å². The van der Waals surface area contributed by atoms with Crippen LogP contribution in [0.2, 0.25) is 0 Å². The molecule has 2 aromatic rings. The van der Waals surface area contributed by atoms with Gasteiger partial charge in [-0.05, 0) is 47.2 Å². The largest absolute Gasteiger partial charge is 0.384 e.